The predicted molar refractivity (Wildman–Crippen MR) is 61.7 cm³/mol. The largest absolute Gasteiger partial charge is 0.357 e. The zero-order chi connectivity index (χ0) is 11.0. The first kappa shape index (κ1) is 9.94. The number of aromatic amines is 1. The monoisotopic (exact) mass is 262 g/mol. The van der Waals surface area contributed by atoms with Crippen molar-refractivity contribution in [3.63, 3.8) is 0 Å². The number of benzene rings is 1. The molecule has 0 spiro atoms. The summed E-state index contributed by atoms with van der Waals surface area (Å²) in [5.74, 6) is 0. The molecule has 0 fully saturated rings. The molecule has 0 saturated heterocycles. The van der Waals surface area contributed by atoms with Crippen LogP contribution in [0.2, 0.25) is 0 Å². The van der Waals surface area contributed by atoms with Crippen molar-refractivity contribution < 1.29 is 0 Å². The summed E-state index contributed by atoms with van der Waals surface area (Å²) in [6.45, 7) is 1.72. The zero-order valence-corrected chi connectivity index (χ0v) is 9.55. The second-order valence-electron chi connectivity index (χ2n) is 3.26. The normalized spacial score (nSPS) is 10.2. The first-order chi connectivity index (χ1) is 7.13. The number of H-pyrrole nitrogens is 1. The number of aryl methyl sites for hydroxylation is 1. The number of fused-ring (bicyclic) bond motifs is 1. The van der Waals surface area contributed by atoms with Gasteiger partial charge in [-0.05, 0) is 25.1 Å². The Morgan fingerprint density at radius 2 is 2.20 bits per heavy atom. The van der Waals surface area contributed by atoms with Gasteiger partial charge in [-0.25, -0.2) is 0 Å². The van der Waals surface area contributed by atoms with Crippen LogP contribution in [0.3, 0.4) is 0 Å². The van der Waals surface area contributed by atoms with Gasteiger partial charge in [0.1, 0.15) is 11.6 Å². The molecular weight excluding hydrogens is 256 g/mol. The lowest BCUT2D eigenvalue weighted by atomic mass is 10.1. The Morgan fingerprint density at radius 1 is 1.47 bits per heavy atom. The average Bonchev–Trinajstić information content (AvgIpc) is 2.20. The number of pyridine rings is 1. The van der Waals surface area contributed by atoms with Crippen LogP contribution in [0, 0.1) is 18.3 Å². The third-order valence-electron chi connectivity index (χ3n) is 2.26. The third kappa shape index (κ3) is 1.55. The molecule has 1 heterocycles. The van der Waals surface area contributed by atoms with Crippen molar-refractivity contribution in [1.29, 1.82) is 5.26 Å². The van der Waals surface area contributed by atoms with Gasteiger partial charge in [0, 0.05) is 21.1 Å². The van der Waals surface area contributed by atoms with Crippen LogP contribution in [0.5, 0.6) is 0 Å². The van der Waals surface area contributed by atoms with Crippen LogP contribution in [-0.2, 0) is 0 Å². The molecule has 0 aliphatic carbocycles. The molecular formula is C11H7BrN2O. The summed E-state index contributed by atoms with van der Waals surface area (Å²) in [7, 11) is 0. The molecule has 1 aromatic carbocycles. The van der Waals surface area contributed by atoms with Crippen molar-refractivity contribution >= 4 is 26.8 Å². The van der Waals surface area contributed by atoms with Crippen molar-refractivity contribution in [1.82, 2.24) is 4.98 Å². The molecule has 15 heavy (non-hydrogen) atoms. The minimum Gasteiger partial charge on any atom is -0.357 e. The van der Waals surface area contributed by atoms with Gasteiger partial charge in [0.05, 0.1) is 0 Å². The van der Waals surface area contributed by atoms with E-state index in [1.165, 1.54) is 0 Å². The van der Waals surface area contributed by atoms with E-state index in [1.54, 1.807) is 13.0 Å². The number of hydrogen-bond donors (Lipinski definition) is 1. The Bertz CT molecular complexity index is 637. The quantitative estimate of drug-likeness (QED) is 0.793. The van der Waals surface area contributed by atoms with Crippen LogP contribution in [-0.4, -0.2) is 4.98 Å². The molecule has 0 bridgehead atoms. The highest BCUT2D eigenvalue weighted by molar-refractivity contribution is 9.10. The van der Waals surface area contributed by atoms with Gasteiger partial charge in [0.15, 0.2) is 0 Å². The topological polar surface area (TPSA) is 56.6 Å². The summed E-state index contributed by atoms with van der Waals surface area (Å²) >= 11 is 3.30. The van der Waals surface area contributed by atoms with Gasteiger partial charge in [0.2, 0.25) is 5.43 Å². The fourth-order valence-corrected chi connectivity index (χ4v) is 1.88. The minimum absolute atomic E-state index is 0.181. The molecule has 4 heteroatoms. The lowest BCUT2D eigenvalue weighted by molar-refractivity contribution is 1.21. The predicted octanol–water partition coefficient (Wildman–Crippen LogP) is 2.47. The Balaban J connectivity index is 3.01. The SMILES string of the molecule is Cc1[nH]c2ccc(Br)cc2c(=O)c1C#N. The molecule has 1 aromatic heterocycles. The van der Waals surface area contributed by atoms with Crippen LogP contribution in [0.15, 0.2) is 27.5 Å². The van der Waals surface area contributed by atoms with Gasteiger partial charge < -0.3 is 4.98 Å². The second-order valence-corrected chi connectivity index (χ2v) is 4.17. The van der Waals surface area contributed by atoms with Gasteiger partial charge >= 0.3 is 0 Å². The second kappa shape index (κ2) is 3.52. The van der Waals surface area contributed by atoms with E-state index >= 15 is 0 Å². The van der Waals surface area contributed by atoms with E-state index in [-0.39, 0.29) is 11.0 Å². The highest BCUT2D eigenvalue weighted by Gasteiger charge is 2.08. The van der Waals surface area contributed by atoms with Gasteiger partial charge in [-0.2, -0.15) is 5.26 Å². The highest BCUT2D eigenvalue weighted by atomic mass is 79.9. The van der Waals surface area contributed by atoms with E-state index < -0.39 is 0 Å². The summed E-state index contributed by atoms with van der Waals surface area (Å²) in [4.78, 5) is 14.9. The molecule has 0 atom stereocenters. The number of nitrogens with zero attached hydrogens (tertiary/aromatic N) is 1. The molecule has 0 aliphatic rings. The van der Waals surface area contributed by atoms with Crippen molar-refractivity contribution in [2.24, 2.45) is 0 Å². The van der Waals surface area contributed by atoms with Crippen LogP contribution >= 0.6 is 15.9 Å². The first-order valence-corrected chi connectivity index (χ1v) is 5.15. The standard InChI is InChI=1S/C11H7BrN2O/c1-6-9(5-13)11(15)8-4-7(12)2-3-10(8)14-6/h2-4H,1H3,(H,14,15). The van der Waals surface area contributed by atoms with Gasteiger partial charge in [-0.15, -0.1) is 0 Å². The molecule has 0 aliphatic heterocycles. The summed E-state index contributed by atoms with van der Waals surface area (Å²) in [5.41, 5.74) is 1.32. The van der Waals surface area contributed by atoms with Crippen LogP contribution in [0.4, 0.5) is 0 Å². The first-order valence-electron chi connectivity index (χ1n) is 4.35. The Kier molecular flexibility index (Phi) is 2.33. The van der Waals surface area contributed by atoms with Gasteiger partial charge in [-0.3, -0.25) is 4.79 Å². The summed E-state index contributed by atoms with van der Waals surface area (Å²) in [6.07, 6.45) is 0. The lowest BCUT2D eigenvalue weighted by Gasteiger charge is -2.02. The fraction of sp³-hybridized carbons (Fsp3) is 0.0909. The number of halogens is 1. The maximum atomic E-state index is 11.9. The van der Waals surface area contributed by atoms with E-state index in [1.807, 2.05) is 18.2 Å². The number of rotatable bonds is 0. The smallest absolute Gasteiger partial charge is 0.207 e. The molecule has 0 saturated carbocycles. The van der Waals surface area contributed by atoms with Crippen molar-refractivity contribution in [3.05, 3.63) is 44.2 Å². The maximum absolute atomic E-state index is 11.9. The lowest BCUT2D eigenvalue weighted by Crippen LogP contribution is -2.10. The Labute approximate surface area is 94.5 Å². The van der Waals surface area contributed by atoms with Gasteiger partial charge in [0.25, 0.3) is 0 Å². The highest BCUT2D eigenvalue weighted by Crippen LogP contribution is 2.16. The summed E-state index contributed by atoms with van der Waals surface area (Å²) in [5, 5.41) is 9.38. The maximum Gasteiger partial charge on any atom is 0.207 e. The minimum atomic E-state index is -0.218. The zero-order valence-electron chi connectivity index (χ0n) is 7.97. The molecule has 2 aromatic rings. The van der Waals surface area contributed by atoms with E-state index in [2.05, 4.69) is 20.9 Å². The summed E-state index contributed by atoms with van der Waals surface area (Å²) < 4.78 is 0.827. The van der Waals surface area contributed by atoms with Crippen molar-refractivity contribution in [3.8, 4) is 6.07 Å². The summed E-state index contributed by atoms with van der Waals surface area (Å²) in [6, 6.07) is 7.30. The van der Waals surface area contributed by atoms with E-state index in [9.17, 15) is 4.79 Å². The fourth-order valence-electron chi connectivity index (χ4n) is 1.52. The molecule has 74 valence electrons. The van der Waals surface area contributed by atoms with Crippen LogP contribution in [0.25, 0.3) is 10.9 Å². The number of nitriles is 1. The number of hydrogen-bond acceptors (Lipinski definition) is 2. The van der Waals surface area contributed by atoms with E-state index in [4.69, 9.17) is 5.26 Å². The van der Waals surface area contributed by atoms with Crippen LogP contribution in [0.1, 0.15) is 11.3 Å². The van der Waals surface area contributed by atoms with Gasteiger partial charge in [-0.1, -0.05) is 15.9 Å². The third-order valence-corrected chi connectivity index (χ3v) is 2.76. The number of aromatic nitrogens is 1. The molecule has 3 nitrogen and oxygen atoms in total. The van der Waals surface area contributed by atoms with E-state index in [0.717, 1.165) is 9.99 Å². The molecule has 1 N–H and O–H groups in total. The van der Waals surface area contributed by atoms with E-state index in [0.29, 0.717) is 11.1 Å². The molecule has 0 radical (unpaired) electrons. The van der Waals surface area contributed by atoms with Crippen molar-refractivity contribution in [2.75, 3.05) is 0 Å². The molecule has 2 rings (SSSR count). The molecule has 0 amide bonds. The van der Waals surface area contributed by atoms with Crippen molar-refractivity contribution in [2.45, 2.75) is 6.92 Å². The number of nitrogens with one attached hydrogen (secondary N) is 1. The molecule has 0 unspecified atom stereocenters. The Hall–Kier alpha value is -1.60. The average molecular weight is 263 g/mol. The Morgan fingerprint density at radius 3 is 2.87 bits per heavy atom. The van der Waals surface area contributed by atoms with Crippen LogP contribution < -0.4 is 5.43 Å².